The maximum atomic E-state index is 12.1. The maximum absolute atomic E-state index is 12.1. The van der Waals surface area contributed by atoms with Crippen LogP contribution in [-0.4, -0.2) is 23.9 Å². The summed E-state index contributed by atoms with van der Waals surface area (Å²) in [7, 11) is 1.60. The number of ether oxygens (including phenoxy) is 1. The Morgan fingerprint density at radius 2 is 2.07 bits per heavy atom. The van der Waals surface area contributed by atoms with E-state index in [0.717, 1.165) is 17.0 Å². The Hall–Kier alpha value is -3.13. The quantitative estimate of drug-likeness (QED) is 0.621. The molecule has 2 N–H and O–H groups in total. The molecule has 8 heteroatoms. The number of aryl methyl sites for hydroxylation is 1. The van der Waals surface area contributed by atoms with Crippen molar-refractivity contribution in [2.45, 2.75) is 19.4 Å². The number of anilines is 1. The molecule has 3 aromatic rings. The first-order chi connectivity index (χ1) is 13.2. The van der Waals surface area contributed by atoms with Crippen molar-refractivity contribution in [1.82, 2.24) is 10.3 Å². The number of carbonyl (C=O) groups excluding carboxylic acids is 2. The number of furan rings is 1. The second-order valence-corrected chi connectivity index (χ2v) is 6.52. The summed E-state index contributed by atoms with van der Waals surface area (Å²) in [6.45, 7) is 0.407. The Balaban J connectivity index is 1.45. The number of amides is 2. The summed E-state index contributed by atoms with van der Waals surface area (Å²) >= 11 is 1.31. The van der Waals surface area contributed by atoms with Gasteiger partial charge >= 0.3 is 0 Å². The van der Waals surface area contributed by atoms with Crippen LogP contribution in [0.5, 0.6) is 5.75 Å². The highest BCUT2D eigenvalue weighted by Gasteiger charge is 2.12. The molecule has 3 rings (SSSR count). The number of aromatic nitrogens is 1. The topological polar surface area (TPSA) is 93.5 Å². The Morgan fingerprint density at radius 3 is 2.85 bits per heavy atom. The van der Waals surface area contributed by atoms with E-state index < -0.39 is 0 Å². The molecule has 0 saturated heterocycles. The molecule has 0 unspecified atom stereocenters. The largest absolute Gasteiger partial charge is 0.496 e. The zero-order valence-electron chi connectivity index (χ0n) is 14.7. The van der Waals surface area contributed by atoms with Crippen molar-refractivity contribution in [2.75, 3.05) is 12.4 Å². The van der Waals surface area contributed by atoms with Gasteiger partial charge in [-0.1, -0.05) is 18.2 Å². The second kappa shape index (κ2) is 9.00. The van der Waals surface area contributed by atoms with E-state index >= 15 is 0 Å². The van der Waals surface area contributed by atoms with E-state index in [1.165, 1.54) is 17.6 Å². The second-order valence-electron chi connectivity index (χ2n) is 5.66. The van der Waals surface area contributed by atoms with Gasteiger partial charge in [-0.15, -0.1) is 11.3 Å². The van der Waals surface area contributed by atoms with Crippen molar-refractivity contribution in [1.29, 1.82) is 0 Å². The molecular formula is C19H19N3O4S. The van der Waals surface area contributed by atoms with Gasteiger partial charge in [-0.2, -0.15) is 0 Å². The van der Waals surface area contributed by atoms with Crippen LogP contribution in [0.3, 0.4) is 0 Å². The molecule has 2 amide bonds. The van der Waals surface area contributed by atoms with Gasteiger partial charge in [0.15, 0.2) is 10.9 Å². The van der Waals surface area contributed by atoms with E-state index in [1.807, 2.05) is 29.6 Å². The van der Waals surface area contributed by atoms with Gasteiger partial charge in [0.1, 0.15) is 5.75 Å². The summed E-state index contributed by atoms with van der Waals surface area (Å²) in [6.07, 6.45) is 2.24. The highest BCUT2D eigenvalue weighted by molar-refractivity contribution is 7.13. The summed E-state index contributed by atoms with van der Waals surface area (Å²) in [5.74, 6) is 0.544. The molecule has 27 heavy (non-hydrogen) atoms. The van der Waals surface area contributed by atoms with Crippen molar-refractivity contribution < 1.29 is 18.7 Å². The minimum Gasteiger partial charge on any atom is -0.496 e. The number of benzene rings is 1. The van der Waals surface area contributed by atoms with Gasteiger partial charge in [-0.3, -0.25) is 14.9 Å². The number of hydrogen-bond acceptors (Lipinski definition) is 6. The lowest BCUT2D eigenvalue weighted by Crippen LogP contribution is -2.23. The van der Waals surface area contributed by atoms with Gasteiger partial charge in [0.25, 0.3) is 5.91 Å². The predicted octanol–water partition coefficient (Wildman–Crippen LogP) is 3.25. The third-order valence-corrected chi connectivity index (χ3v) is 4.60. The highest BCUT2D eigenvalue weighted by atomic mass is 32.1. The van der Waals surface area contributed by atoms with Crippen LogP contribution in [0.15, 0.2) is 52.5 Å². The van der Waals surface area contributed by atoms with E-state index in [-0.39, 0.29) is 17.6 Å². The molecule has 0 bridgehead atoms. The Morgan fingerprint density at radius 1 is 1.22 bits per heavy atom. The van der Waals surface area contributed by atoms with Gasteiger partial charge in [0.05, 0.1) is 19.1 Å². The van der Waals surface area contributed by atoms with Crippen LogP contribution in [-0.2, 0) is 17.8 Å². The fraction of sp³-hybridized carbons (Fsp3) is 0.211. The van der Waals surface area contributed by atoms with E-state index in [1.54, 1.807) is 19.2 Å². The zero-order valence-corrected chi connectivity index (χ0v) is 15.5. The third-order valence-electron chi connectivity index (χ3n) is 3.79. The number of nitrogens with zero attached hydrogens (tertiary/aromatic N) is 1. The van der Waals surface area contributed by atoms with E-state index in [0.29, 0.717) is 24.5 Å². The van der Waals surface area contributed by atoms with Crippen molar-refractivity contribution >= 4 is 28.3 Å². The number of para-hydroxylation sites is 1. The fourth-order valence-corrected chi connectivity index (χ4v) is 3.16. The number of carbonyl (C=O) groups is 2. The van der Waals surface area contributed by atoms with Gasteiger partial charge in [-0.05, 0) is 24.6 Å². The smallest absolute Gasteiger partial charge is 0.293 e. The number of hydrogen-bond donors (Lipinski definition) is 2. The van der Waals surface area contributed by atoms with Crippen LogP contribution < -0.4 is 15.4 Å². The molecule has 2 aromatic heterocycles. The summed E-state index contributed by atoms with van der Waals surface area (Å²) in [5.41, 5.74) is 1.67. The Bertz CT molecular complexity index is 905. The number of methoxy groups -OCH3 is 1. The minimum absolute atomic E-state index is 0.0740. The van der Waals surface area contributed by atoms with Crippen LogP contribution in [0.2, 0.25) is 0 Å². The molecule has 140 valence electrons. The maximum Gasteiger partial charge on any atom is 0.293 e. The molecule has 0 atom stereocenters. The lowest BCUT2D eigenvalue weighted by atomic mass is 10.2. The molecule has 0 aliphatic rings. The molecule has 0 radical (unpaired) electrons. The van der Waals surface area contributed by atoms with Crippen LogP contribution in [0.1, 0.15) is 28.2 Å². The van der Waals surface area contributed by atoms with Crippen molar-refractivity contribution in [2.24, 2.45) is 0 Å². The lowest BCUT2D eigenvalue weighted by molar-refractivity contribution is -0.121. The summed E-state index contributed by atoms with van der Waals surface area (Å²) < 4.78 is 10.3. The van der Waals surface area contributed by atoms with E-state index in [4.69, 9.17) is 9.15 Å². The average molecular weight is 385 g/mol. The van der Waals surface area contributed by atoms with Gasteiger partial charge < -0.3 is 14.5 Å². The molecule has 7 nitrogen and oxygen atoms in total. The first-order valence-electron chi connectivity index (χ1n) is 8.33. The van der Waals surface area contributed by atoms with Crippen molar-refractivity contribution in [3.05, 3.63) is 65.1 Å². The minimum atomic E-state index is -0.351. The van der Waals surface area contributed by atoms with Gasteiger partial charge in [-0.25, -0.2) is 4.98 Å². The monoisotopic (exact) mass is 385 g/mol. The molecular weight excluding hydrogens is 366 g/mol. The van der Waals surface area contributed by atoms with Crippen LogP contribution >= 0.6 is 11.3 Å². The molecule has 0 saturated carbocycles. The highest BCUT2D eigenvalue weighted by Crippen LogP contribution is 2.18. The average Bonchev–Trinajstić information content (AvgIpc) is 3.37. The van der Waals surface area contributed by atoms with Crippen LogP contribution in [0, 0.1) is 0 Å². The van der Waals surface area contributed by atoms with Gasteiger partial charge in [0.2, 0.25) is 5.91 Å². The number of nitrogens with one attached hydrogen (secondary N) is 2. The lowest BCUT2D eigenvalue weighted by Gasteiger charge is -2.09. The van der Waals surface area contributed by atoms with E-state index in [9.17, 15) is 9.59 Å². The van der Waals surface area contributed by atoms with Crippen LogP contribution in [0.25, 0.3) is 0 Å². The predicted molar refractivity (Wildman–Crippen MR) is 102 cm³/mol. The Labute approximate surface area is 160 Å². The molecule has 0 spiro atoms. The summed E-state index contributed by atoms with van der Waals surface area (Å²) in [5, 5.41) is 7.85. The van der Waals surface area contributed by atoms with Crippen LogP contribution in [0.4, 0.5) is 5.13 Å². The van der Waals surface area contributed by atoms with Gasteiger partial charge in [0, 0.05) is 23.9 Å². The van der Waals surface area contributed by atoms with E-state index in [2.05, 4.69) is 15.6 Å². The first kappa shape index (κ1) is 18.7. The van der Waals surface area contributed by atoms with Crippen molar-refractivity contribution in [3.63, 3.8) is 0 Å². The normalized spacial score (nSPS) is 10.4. The Kier molecular flexibility index (Phi) is 6.22. The fourth-order valence-electron chi connectivity index (χ4n) is 2.42. The standard InChI is InChI=1S/C19H19N3O4S/c1-25-15-6-3-2-5-13(15)11-20-17(23)9-8-14-12-27-19(21-14)22-18(24)16-7-4-10-26-16/h2-7,10,12H,8-9,11H2,1H3,(H,20,23)(H,21,22,24). The third kappa shape index (κ3) is 5.18. The number of thiazole rings is 1. The number of rotatable bonds is 8. The summed E-state index contributed by atoms with van der Waals surface area (Å²) in [6, 6.07) is 10.8. The van der Waals surface area contributed by atoms with Crippen molar-refractivity contribution in [3.8, 4) is 5.75 Å². The molecule has 1 aromatic carbocycles. The molecule has 2 heterocycles. The first-order valence-corrected chi connectivity index (χ1v) is 9.21. The molecule has 0 aliphatic heterocycles. The SMILES string of the molecule is COc1ccccc1CNC(=O)CCc1csc(NC(=O)c2ccco2)n1. The molecule has 0 aliphatic carbocycles. The summed E-state index contributed by atoms with van der Waals surface area (Å²) in [4.78, 5) is 28.3. The molecule has 0 fully saturated rings. The zero-order chi connectivity index (χ0) is 19.1.